The van der Waals surface area contributed by atoms with E-state index in [9.17, 15) is 5.26 Å². The molecule has 2 aromatic carbocycles. The number of aryl methyl sites for hydroxylation is 1. The van der Waals surface area contributed by atoms with Crippen LogP contribution < -0.4 is 10.5 Å². The summed E-state index contributed by atoms with van der Waals surface area (Å²) in [7, 11) is 1.62. The molecule has 0 amide bonds. The molecule has 2 N–H and O–H groups in total. The summed E-state index contributed by atoms with van der Waals surface area (Å²) in [6, 6.07) is 17.4. The highest BCUT2D eigenvalue weighted by atomic mass is 16.5. The average Bonchev–Trinajstić information content (AvgIpc) is 2.62. The number of anilines is 1. The van der Waals surface area contributed by atoms with Crippen LogP contribution in [0.1, 0.15) is 11.3 Å². The lowest BCUT2D eigenvalue weighted by molar-refractivity contribution is 0.415. The molecule has 0 unspecified atom stereocenters. The molecule has 5 nitrogen and oxygen atoms in total. The summed E-state index contributed by atoms with van der Waals surface area (Å²) >= 11 is 0. The van der Waals surface area contributed by atoms with E-state index in [4.69, 9.17) is 10.5 Å². The van der Waals surface area contributed by atoms with E-state index < -0.39 is 0 Å². The summed E-state index contributed by atoms with van der Waals surface area (Å²) < 4.78 is 5.19. The number of nitrogens with zero attached hydrogens (tertiary/aromatic N) is 3. The summed E-state index contributed by atoms with van der Waals surface area (Å²) in [6.45, 7) is 2.02. The molecular formula is C19H16N4O. The molecule has 0 spiro atoms. The first-order chi connectivity index (χ1) is 11.6. The van der Waals surface area contributed by atoms with Gasteiger partial charge in [0, 0.05) is 11.1 Å². The van der Waals surface area contributed by atoms with Crippen molar-refractivity contribution in [3.8, 4) is 34.3 Å². The Morgan fingerprint density at radius 3 is 2.00 bits per heavy atom. The Morgan fingerprint density at radius 2 is 1.46 bits per heavy atom. The van der Waals surface area contributed by atoms with Crippen molar-refractivity contribution in [3.63, 3.8) is 0 Å². The number of aromatic nitrogens is 2. The molecule has 3 aromatic rings. The number of benzene rings is 2. The number of nitrogens with two attached hydrogens (primary N) is 1. The van der Waals surface area contributed by atoms with E-state index in [1.54, 1.807) is 7.11 Å². The van der Waals surface area contributed by atoms with E-state index in [0.717, 1.165) is 22.4 Å². The Kier molecular flexibility index (Phi) is 4.13. The van der Waals surface area contributed by atoms with E-state index in [2.05, 4.69) is 9.97 Å². The summed E-state index contributed by atoms with van der Waals surface area (Å²) in [4.78, 5) is 8.85. The lowest BCUT2D eigenvalue weighted by Crippen LogP contribution is -2.03. The van der Waals surface area contributed by atoms with Crippen LogP contribution in [0.3, 0.4) is 0 Å². The van der Waals surface area contributed by atoms with Gasteiger partial charge in [0.15, 0.2) is 11.5 Å². The third-order valence-corrected chi connectivity index (χ3v) is 3.72. The zero-order valence-electron chi connectivity index (χ0n) is 13.4. The zero-order valence-corrected chi connectivity index (χ0v) is 13.4. The van der Waals surface area contributed by atoms with Crippen molar-refractivity contribution in [1.29, 1.82) is 5.26 Å². The van der Waals surface area contributed by atoms with Crippen LogP contribution in [-0.4, -0.2) is 17.1 Å². The first-order valence-electron chi connectivity index (χ1n) is 7.41. The first-order valence-corrected chi connectivity index (χ1v) is 7.41. The molecule has 1 heterocycles. The van der Waals surface area contributed by atoms with E-state index in [1.807, 2.05) is 61.5 Å². The highest BCUT2D eigenvalue weighted by molar-refractivity contribution is 5.79. The van der Waals surface area contributed by atoms with Crippen molar-refractivity contribution < 1.29 is 4.74 Å². The molecule has 0 aliphatic heterocycles. The number of ether oxygens (including phenoxy) is 1. The van der Waals surface area contributed by atoms with Crippen LogP contribution in [0, 0.1) is 18.3 Å². The van der Waals surface area contributed by atoms with Crippen molar-refractivity contribution in [2.24, 2.45) is 0 Å². The third-order valence-electron chi connectivity index (χ3n) is 3.72. The normalized spacial score (nSPS) is 10.2. The van der Waals surface area contributed by atoms with Gasteiger partial charge in [0.2, 0.25) is 0 Å². The van der Waals surface area contributed by atoms with Crippen molar-refractivity contribution in [3.05, 3.63) is 59.8 Å². The smallest absolute Gasteiger partial charge is 0.183 e. The maximum absolute atomic E-state index is 9.21. The molecule has 0 saturated carbocycles. The van der Waals surface area contributed by atoms with Gasteiger partial charge >= 0.3 is 0 Å². The van der Waals surface area contributed by atoms with Crippen molar-refractivity contribution in [2.45, 2.75) is 6.92 Å². The fourth-order valence-corrected chi connectivity index (χ4v) is 2.39. The third kappa shape index (κ3) is 2.90. The zero-order chi connectivity index (χ0) is 17.1. The molecule has 0 aliphatic carbocycles. The second-order valence-corrected chi connectivity index (χ2v) is 5.36. The quantitative estimate of drug-likeness (QED) is 0.798. The summed E-state index contributed by atoms with van der Waals surface area (Å²) in [5, 5.41) is 9.21. The monoisotopic (exact) mass is 316 g/mol. The molecule has 24 heavy (non-hydrogen) atoms. The first kappa shape index (κ1) is 15.5. The van der Waals surface area contributed by atoms with Gasteiger partial charge in [-0.1, -0.05) is 29.8 Å². The topological polar surface area (TPSA) is 84.8 Å². The highest BCUT2D eigenvalue weighted by Gasteiger charge is 2.15. The summed E-state index contributed by atoms with van der Waals surface area (Å²) in [6.07, 6.45) is 0. The Morgan fingerprint density at radius 1 is 0.917 bits per heavy atom. The summed E-state index contributed by atoms with van der Waals surface area (Å²) in [5.74, 6) is 0.879. The maximum atomic E-state index is 9.21. The van der Waals surface area contributed by atoms with Gasteiger partial charge in [-0.3, -0.25) is 0 Å². The van der Waals surface area contributed by atoms with Gasteiger partial charge in [-0.15, -0.1) is 0 Å². The largest absolute Gasteiger partial charge is 0.497 e. The van der Waals surface area contributed by atoms with Crippen molar-refractivity contribution >= 4 is 5.82 Å². The standard InChI is InChI=1S/C19H16N4O/c1-12-3-5-13(6-4-12)17-18(23-19(21)16(11-20)22-17)14-7-9-15(24-2)10-8-14/h3-10H,1-2H3,(H2,21,23). The Balaban J connectivity index is 2.21. The van der Waals surface area contributed by atoms with Gasteiger partial charge in [0.25, 0.3) is 0 Å². The molecule has 3 rings (SSSR count). The van der Waals surface area contributed by atoms with E-state index in [1.165, 1.54) is 0 Å². The predicted octanol–water partition coefficient (Wildman–Crippen LogP) is 3.58. The Bertz CT molecular complexity index is 910. The van der Waals surface area contributed by atoms with E-state index >= 15 is 0 Å². The molecule has 118 valence electrons. The number of hydrogen-bond acceptors (Lipinski definition) is 5. The molecule has 0 saturated heterocycles. The minimum Gasteiger partial charge on any atom is -0.497 e. The van der Waals surface area contributed by atoms with Crippen LogP contribution in [-0.2, 0) is 0 Å². The van der Waals surface area contributed by atoms with Gasteiger partial charge in [0.05, 0.1) is 18.5 Å². The van der Waals surface area contributed by atoms with Crippen LogP contribution >= 0.6 is 0 Å². The lowest BCUT2D eigenvalue weighted by Gasteiger charge is -2.11. The Hall–Kier alpha value is -3.39. The predicted molar refractivity (Wildman–Crippen MR) is 93.3 cm³/mol. The number of hydrogen-bond donors (Lipinski definition) is 1. The molecule has 5 heteroatoms. The minimum atomic E-state index is 0.124. The van der Waals surface area contributed by atoms with Crippen LogP contribution in [0.2, 0.25) is 0 Å². The van der Waals surface area contributed by atoms with Crippen LogP contribution in [0.4, 0.5) is 5.82 Å². The Labute approximate surface area is 140 Å². The van der Waals surface area contributed by atoms with Crippen molar-refractivity contribution in [1.82, 2.24) is 9.97 Å². The molecular weight excluding hydrogens is 300 g/mol. The average molecular weight is 316 g/mol. The number of methoxy groups -OCH3 is 1. The van der Waals surface area contributed by atoms with Crippen molar-refractivity contribution in [2.75, 3.05) is 12.8 Å². The fourth-order valence-electron chi connectivity index (χ4n) is 2.39. The van der Waals surface area contributed by atoms with Crippen LogP contribution in [0.5, 0.6) is 5.75 Å². The molecule has 0 bridgehead atoms. The summed E-state index contributed by atoms with van der Waals surface area (Å²) in [5.41, 5.74) is 10.2. The molecule has 0 radical (unpaired) electrons. The van der Waals surface area contributed by atoms with Gasteiger partial charge in [0.1, 0.15) is 11.8 Å². The molecule has 0 fully saturated rings. The second kappa shape index (κ2) is 6.39. The molecule has 1 aromatic heterocycles. The van der Waals surface area contributed by atoms with E-state index in [-0.39, 0.29) is 11.5 Å². The number of nitriles is 1. The second-order valence-electron chi connectivity index (χ2n) is 5.36. The van der Waals surface area contributed by atoms with Crippen LogP contribution in [0.15, 0.2) is 48.5 Å². The maximum Gasteiger partial charge on any atom is 0.183 e. The molecule has 0 aliphatic rings. The number of nitrogen functional groups attached to an aromatic ring is 1. The van der Waals surface area contributed by atoms with Gasteiger partial charge in [-0.2, -0.15) is 5.26 Å². The van der Waals surface area contributed by atoms with Gasteiger partial charge < -0.3 is 10.5 Å². The lowest BCUT2D eigenvalue weighted by atomic mass is 10.0. The van der Waals surface area contributed by atoms with Crippen LogP contribution in [0.25, 0.3) is 22.5 Å². The van der Waals surface area contributed by atoms with Gasteiger partial charge in [-0.05, 0) is 31.2 Å². The number of rotatable bonds is 3. The molecule has 0 atom stereocenters. The SMILES string of the molecule is COc1ccc(-c2nc(N)c(C#N)nc2-c2ccc(C)cc2)cc1. The van der Waals surface area contributed by atoms with E-state index in [0.29, 0.717) is 11.4 Å². The highest BCUT2D eigenvalue weighted by Crippen LogP contribution is 2.31. The van der Waals surface area contributed by atoms with Gasteiger partial charge in [-0.25, -0.2) is 9.97 Å². The fraction of sp³-hybridized carbons (Fsp3) is 0.105. The minimum absolute atomic E-state index is 0.124.